The molecule has 33 heavy (non-hydrogen) atoms. The monoisotopic (exact) mass is 454 g/mol. The number of hydrogen-bond acceptors (Lipinski definition) is 2. The molecule has 170 valence electrons. The van der Waals surface area contributed by atoms with Crippen LogP contribution in [0.15, 0.2) is 104 Å². The summed E-state index contributed by atoms with van der Waals surface area (Å²) < 4.78 is 10.9. The summed E-state index contributed by atoms with van der Waals surface area (Å²) in [6.45, 7) is 10.6. The summed E-state index contributed by atoms with van der Waals surface area (Å²) >= 11 is 0. The van der Waals surface area contributed by atoms with Crippen LogP contribution in [0.1, 0.15) is 24.0 Å². The minimum Gasteiger partial charge on any atom is -0.497 e. The smallest absolute Gasteiger partial charge is 0.118 e. The molecule has 0 aliphatic rings. The van der Waals surface area contributed by atoms with E-state index >= 15 is 0 Å². The highest BCUT2D eigenvalue weighted by Gasteiger charge is 2.36. The van der Waals surface area contributed by atoms with Crippen molar-refractivity contribution in [3.63, 3.8) is 0 Å². The van der Waals surface area contributed by atoms with Crippen molar-refractivity contribution in [1.29, 1.82) is 0 Å². The molecule has 3 heteroatoms. The molecule has 0 aliphatic carbocycles. The van der Waals surface area contributed by atoms with E-state index in [0.29, 0.717) is 0 Å². The van der Waals surface area contributed by atoms with E-state index in [0.717, 1.165) is 30.4 Å². The first-order chi connectivity index (χ1) is 16.1. The minimum atomic E-state index is -2.16. The Bertz CT molecular complexity index is 1080. The van der Waals surface area contributed by atoms with Gasteiger partial charge in [-0.15, -0.1) is 13.2 Å². The van der Waals surface area contributed by atoms with E-state index in [4.69, 9.17) is 9.47 Å². The highest BCUT2D eigenvalue weighted by atomic mass is 28.3. The molecule has 0 radical (unpaired) electrons. The molecule has 0 fully saturated rings. The Labute approximate surface area is 199 Å². The van der Waals surface area contributed by atoms with Gasteiger partial charge in [-0.05, 0) is 65.0 Å². The summed E-state index contributed by atoms with van der Waals surface area (Å²) in [5.41, 5.74) is 3.76. The average Bonchev–Trinajstić information content (AvgIpc) is 2.88. The van der Waals surface area contributed by atoms with E-state index in [1.165, 1.54) is 27.1 Å². The molecule has 3 rings (SSSR count). The molecule has 3 aromatic rings. The molecule has 0 bridgehead atoms. The molecule has 1 unspecified atom stereocenters. The van der Waals surface area contributed by atoms with Crippen molar-refractivity contribution >= 4 is 24.0 Å². The zero-order chi connectivity index (χ0) is 23.7. The molecule has 0 heterocycles. The van der Waals surface area contributed by atoms with Gasteiger partial charge in [0, 0.05) is 0 Å². The van der Waals surface area contributed by atoms with Crippen molar-refractivity contribution in [2.75, 3.05) is 14.2 Å². The quantitative estimate of drug-likeness (QED) is 0.172. The Morgan fingerprint density at radius 1 is 0.758 bits per heavy atom. The summed E-state index contributed by atoms with van der Waals surface area (Å²) in [6.07, 6.45) is 5.81. The van der Waals surface area contributed by atoms with Gasteiger partial charge in [0.1, 0.15) is 19.6 Å². The topological polar surface area (TPSA) is 18.5 Å². The van der Waals surface area contributed by atoms with E-state index in [9.17, 15) is 0 Å². The van der Waals surface area contributed by atoms with Crippen LogP contribution in [0.4, 0.5) is 0 Å². The maximum absolute atomic E-state index is 5.45. The van der Waals surface area contributed by atoms with Crippen molar-refractivity contribution in [3.05, 3.63) is 115 Å². The zero-order valence-corrected chi connectivity index (χ0v) is 21.0. The van der Waals surface area contributed by atoms with E-state index in [1.807, 2.05) is 24.3 Å². The fourth-order valence-corrected chi connectivity index (χ4v) is 8.75. The summed E-state index contributed by atoms with van der Waals surface area (Å²) in [5.74, 6) is 1.72. The number of ether oxygens (including phenoxy) is 2. The predicted molar refractivity (Wildman–Crippen MR) is 145 cm³/mol. The maximum Gasteiger partial charge on any atom is 0.118 e. The number of methoxy groups -OCH3 is 2. The molecule has 1 atom stereocenters. The van der Waals surface area contributed by atoms with E-state index in [1.54, 1.807) is 14.2 Å². The van der Waals surface area contributed by atoms with E-state index < -0.39 is 8.07 Å². The largest absolute Gasteiger partial charge is 0.497 e. The third kappa shape index (κ3) is 5.55. The van der Waals surface area contributed by atoms with E-state index in [2.05, 4.69) is 86.4 Å². The van der Waals surface area contributed by atoms with Gasteiger partial charge in [0.25, 0.3) is 0 Å². The van der Waals surface area contributed by atoms with E-state index in [-0.39, 0.29) is 0 Å². The van der Waals surface area contributed by atoms with Crippen LogP contribution in [-0.2, 0) is 0 Å². The molecule has 0 saturated heterocycles. The molecular weight excluding hydrogens is 420 g/mol. The normalized spacial score (nSPS) is 13.4. The van der Waals surface area contributed by atoms with Crippen LogP contribution in [0.25, 0.3) is 10.8 Å². The molecule has 0 aliphatic heterocycles. The van der Waals surface area contributed by atoms with Crippen LogP contribution in [0.3, 0.4) is 0 Å². The number of rotatable bonds is 11. The van der Waals surface area contributed by atoms with Crippen LogP contribution in [-0.4, -0.2) is 22.3 Å². The Kier molecular flexibility index (Phi) is 8.50. The summed E-state index contributed by atoms with van der Waals surface area (Å²) in [7, 11) is 1.25. The fourth-order valence-electron chi connectivity index (χ4n) is 4.49. The first-order valence-electron chi connectivity index (χ1n) is 11.4. The lowest BCUT2D eigenvalue weighted by atomic mass is 9.99. The second kappa shape index (κ2) is 11.5. The molecule has 0 saturated carbocycles. The second-order valence-electron chi connectivity index (χ2n) is 8.33. The standard InChI is InChI=1S/C30H34O2Si/c1-6-8-23-33(5,28-13-10-9-11-14-28)30(25-17-21-27(32-4)22-18-25)29(12-7-2)24-15-19-26(31-3)20-16-24/h6-7,9-11,13-22H,1-2,8,12,23H2,3-5H3/b30-29+. The zero-order valence-electron chi connectivity index (χ0n) is 20.0. The Hall–Kier alpha value is -3.30. The van der Waals surface area contributed by atoms with Gasteiger partial charge in [-0.25, -0.2) is 0 Å². The van der Waals surface area contributed by atoms with Gasteiger partial charge >= 0.3 is 0 Å². The lowest BCUT2D eigenvalue weighted by molar-refractivity contribution is 0.414. The van der Waals surface area contributed by atoms with Gasteiger partial charge < -0.3 is 9.47 Å². The van der Waals surface area contributed by atoms with Gasteiger partial charge in [-0.3, -0.25) is 0 Å². The summed E-state index contributed by atoms with van der Waals surface area (Å²) in [5, 5.41) is 2.86. The van der Waals surface area contributed by atoms with Crippen molar-refractivity contribution in [2.24, 2.45) is 0 Å². The number of hydrogen-bond donors (Lipinski definition) is 0. The van der Waals surface area contributed by atoms with Crippen molar-refractivity contribution < 1.29 is 9.47 Å². The van der Waals surface area contributed by atoms with Gasteiger partial charge in [0.15, 0.2) is 0 Å². The van der Waals surface area contributed by atoms with Gasteiger partial charge in [0.05, 0.1) is 14.2 Å². The van der Waals surface area contributed by atoms with Crippen molar-refractivity contribution in [3.8, 4) is 11.5 Å². The highest BCUT2D eigenvalue weighted by Crippen LogP contribution is 2.39. The second-order valence-corrected chi connectivity index (χ2v) is 12.6. The SMILES string of the molecule is C=CCC[Si](C)(/C(=C(\CC=C)c1ccc(OC)cc1)c1ccc(OC)cc1)c1ccccc1. The lowest BCUT2D eigenvalue weighted by Crippen LogP contribution is -2.46. The molecule has 0 aromatic heterocycles. The maximum atomic E-state index is 5.45. The van der Waals surface area contributed by atoms with Crippen molar-refractivity contribution in [1.82, 2.24) is 0 Å². The molecule has 0 N–H and O–H groups in total. The van der Waals surface area contributed by atoms with Crippen molar-refractivity contribution in [2.45, 2.75) is 25.4 Å². The lowest BCUT2D eigenvalue weighted by Gasteiger charge is -2.34. The molecule has 2 nitrogen and oxygen atoms in total. The molecular formula is C30H34O2Si. The third-order valence-electron chi connectivity index (χ3n) is 6.28. The first-order valence-corrected chi connectivity index (χ1v) is 14.1. The Balaban J connectivity index is 2.36. The van der Waals surface area contributed by atoms with Crippen LogP contribution in [0.2, 0.25) is 12.6 Å². The molecule has 0 spiro atoms. The minimum absolute atomic E-state index is 0.789. The van der Waals surface area contributed by atoms with Crippen LogP contribution >= 0.6 is 0 Å². The molecule has 3 aromatic carbocycles. The predicted octanol–water partition coefficient (Wildman–Crippen LogP) is 7.29. The van der Waals surface area contributed by atoms with Crippen LogP contribution in [0, 0.1) is 0 Å². The third-order valence-corrected chi connectivity index (χ3v) is 10.9. The summed E-state index contributed by atoms with van der Waals surface area (Å²) in [6, 6.07) is 29.0. The van der Waals surface area contributed by atoms with Gasteiger partial charge in [-0.1, -0.05) is 78.5 Å². The fraction of sp³-hybridized carbons (Fsp3) is 0.200. The molecule has 0 amide bonds. The van der Waals surface area contributed by atoms with Gasteiger partial charge in [0.2, 0.25) is 0 Å². The average molecular weight is 455 g/mol. The number of allylic oxidation sites excluding steroid dienone is 3. The summed E-state index contributed by atoms with van der Waals surface area (Å²) in [4.78, 5) is 0. The van der Waals surface area contributed by atoms with Crippen LogP contribution in [0.5, 0.6) is 11.5 Å². The Morgan fingerprint density at radius 3 is 1.79 bits per heavy atom. The van der Waals surface area contributed by atoms with Crippen LogP contribution < -0.4 is 14.7 Å². The highest BCUT2D eigenvalue weighted by molar-refractivity contribution is 7.06. The Morgan fingerprint density at radius 2 is 1.30 bits per heavy atom. The first kappa shape index (κ1) is 24.3. The number of benzene rings is 3. The van der Waals surface area contributed by atoms with Gasteiger partial charge in [-0.2, -0.15) is 0 Å².